The molecule has 0 spiro atoms. The summed E-state index contributed by atoms with van der Waals surface area (Å²) in [5.74, 6) is 0.552. The van der Waals surface area contributed by atoms with Crippen LogP contribution in [0.5, 0.6) is 0 Å². The Morgan fingerprint density at radius 2 is 1.93 bits per heavy atom. The number of carbonyl (C=O) groups is 1. The molecule has 1 atom stereocenters. The summed E-state index contributed by atoms with van der Waals surface area (Å²) in [6.07, 6.45) is 4.60. The zero-order chi connectivity index (χ0) is 20.1. The van der Waals surface area contributed by atoms with Crippen molar-refractivity contribution >= 4 is 23.2 Å². The van der Waals surface area contributed by atoms with Gasteiger partial charge in [0.05, 0.1) is 11.8 Å². The number of halogens is 1. The largest absolute Gasteiger partial charge is 0.399 e. The summed E-state index contributed by atoms with van der Waals surface area (Å²) in [5, 5.41) is 11.3. The molecule has 0 fully saturated rings. The van der Waals surface area contributed by atoms with Gasteiger partial charge in [-0.2, -0.15) is 9.78 Å². The lowest BCUT2D eigenvalue weighted by atomic mass is 10.1. The average Bonchev–Trinajstić information content (AvgIpc) is 3.18. The number of hydrogen-bond donors (Lipinski definition) is 1. The third kappa shape index (κ3) is 4.32. The molecule has 3 rings (SSSR count). The van der Waals surface area contributed by atoms with Crippen molar-refractivity contribution in [2.24, 2.45) is 5.16 Å². The summed E-state index contributed by atoms with van der Waals surface area (Å²) in [6.45, 7) is 3.56. The lowest BCUT2D eigenvalue weighted by Crippen LogP contribution is -2.29. The van der Waals surface area contributed by atoms with E-state index in [1.54, 1.807) is 50.5 Å². The normalized spacial score (nSPS) is 12.5. The average molecular weight is 400 g/mol. The molecule has 0 radical (unpaired) electrons. The first-order valence-corrected chi connectivity index (χ1v) is 8.74. The lowest BCUT2D eigenvalue weighted by Gasteiger charge is -2.14. The van der Waals surface area contributed by atoms with Crippen molar-refractivity contribution in [2.75, 3.05) is 7.11 Å². The summed E-state index contributed by atoms with van der Waals surface area (Å²) in [4.78, 5) is 30.1. The molecule has 0 unspecified atom stereocenters. The Morgan fingerprint density at radius 1 is 1.21 bits per heavy atom. The SMILES string of the molecule is CO/N=C(\C)c1cc(Cl)cc(C(=O)N[C@@H](C)c2ncnn2-c2ncccn2)c1. The van der Waals surface area contributed by atoms with Crippen LogP contribution in [0.3, 0.4) is 0 Å². The zero-order valence-corrected chi connectivity index (χ0v) is 16.3. The highest BCUT2D eigenvalue weighted by Gasteiger charge is 2.19. The molecule has 0 aliphatic carbocycles. The molecule has 10 heteroatoms. The second kappa shape index (κ2) is 8.57. The summed E-state index contributed by atoms with van der Waals surface area (Å²) in [7, 11) is 1.45. The predicted molar refractivity (Wildman–Crippen MR) is 104 cm³/mol. The second-order valence-corrected chi connectivity index (χ2v) is 6.30. The fourth-order valence-electron chi connectivity index (χ4n) is 2.56. The van der Waals surface area contributed by atoms with E-state index in [1.165, 1.54) is 18.1 Å². The number of hydrogen-bond acceptors (Lipinski definition) is 7. The molecule has 2 aromatic heterocycles. The second-order valence-electron chi connectivity index (χ2n) is 5.86. The van der Waals surface area contributed by atoms with E-state index in [1.807, 2.05) is 0 Å². The first-order chi connectivity index (χ1) is 13.5. The van der Waals surface area contributed by atoms with Crippen molar-refractivity contribution in [1.82, 2.24) is 30.0 Å². The number of carbonyl (C=O) groups excluding carboxylic acids is 1. The Bertz CT molecular complexity index is 1000. The van der Waals surface area contributed by atoms with Crippen LogP contribution in [0.2, 0.25) is 5.02 Å². The van der Waals surface area contributed by atoms with Crippen LogP contribution in [0, 0.1) is 0 Å². The van der Waals surface area contributed by atoms with Gasteiger partial charge in [-0.3, -0.25) is 4.79 Å². The summed E-state index contributed by atoms with van der Waals surface area (Å²) in [6, 6.07) is 6.24. The maximum absolute atomic E-state index is 12.8. The number of amides is 1. The number of oxime groups is 1. The molecule has 1 amide bonds. The minimum atomic E-state index is -0.449. The van der Waals surface area contributed by atoms with Gasteiger partial charge in [0, 0.05) is 28.5 Å². The fraction of sp³-hybridized carbons (Fsp3) is 0.222. The molecule has 3 aromatic rings. The molecular weight excluding hydrogens is 382 g/mol. The summed E-state index contributed by atoms with van der Waals surface area (Å²) < 4.78 is 1.48. The molecule has 0 saturated carbocycles. The van der Waals surface area contributed by atoms with Crippen LogP contribution >= 0.6 is 11.6 Å². The van der Waals surface area contributed by atoms with Crippen LogP contribution in [-0.4, -0.2) is 43.5 Å². The molecule has 9 nitrogen and oxygen atoms in total. The van der Waals surface area contributed by atoms with Gasteiger partial charge in [-0.25, -0.2) is 15.0 Å². The Labute approximate surface area is 166 Å². The first-order valence-electron chi connectivity index (χ1n) is 8.36. The first kappa shape index (κ1) is 19.4. The number of nitrogens with one attached hydrogen (secondary N) is 1. The number of nitrogens with zero attached hydrogens (tertiary/aromatic N) is 6. The van der Waals surface area contributed by atoms with Gasteiger partial charge in [-0.15, -0.1) is 0 Å². The van der Waals surface area contributed by atoms with Crippen LogP contribution in [0.1, 0.15) is 41.6 Å². The van der Waals surface area contributed by atoms with E-state index in [-0.39, 0.29) is 5.91 Å². The van der Waals surface area contributed by atoms with E-state index < -0.39 is 6.04 Å². The molecule has 1 N–H and O–H groups in total. The van der Waals surface area contributed by atoms with Crippen molar-refractivity contribution < 1.29 is 9.63 Å². The van der Waals surface area contributed by atoms with Gasteiger partial charge < -0.3 is 10.2 Å². The Morgan fingerprint density at radius 3 is 2.64 bits per heavy atom. The Balaban J connectivity index is 1.83. The maximum Gasteiger partial charge on any atom is 0.252 e. The monoisotopic (exact) mass is 399 g/mol. The number of rotatable bonds is 6. The molecule has 0 bridgehead atoms. The summed E-state index contributed by atoms with van der Waals surface area (Å²) >= 11 is 6.16. The van der Waals surface area contributed by atoms with Gasteiger partial charge in [-0.1, -0.05) is 16.8 Å². The van der Waals surface area contributed by atoms with Gasteiger partial charge in [0.15, 0.2) is 5.82 Å². The lowest BCUT2D eigenvalue weighted by molar-refractivity contribution is 0.0938. The molecule has 2 heterocycles. The van der Waals surface area contributed by atoms with Crippen molar-refractivity contribution in [3.63, 3.8) is 0 Å². The van der Waals surface area contributed by atoms with Gasteiger partial charge in [0.1, 0.15) is 13.4 Å². The van der Waals surface area contributed by atoms with Crippen LogP contribution in [-0.2, 0) is 4.84 Å². The van der Waals surface area contributed by atoms with E-state index >= 15 is 0 Å². The minimum Gasteiger partial charge on any atom is -0.399 e. The van der Waals surface area contributed by atoms with Crippen LogP contribution in [0.25, 0.3) is 5.95 Å². The van der Waals surface area contributed by atoms with E-state index in [2.05, 4.69) is 30.5 Å². The van der Waals surface area contributed by atoms with Crippen molar-refractivity contribution in [3.8, 4) is 5.95 Å². The quantitative estimate of drug-likeness (QED) is 0.504. The molecule has 0 aliphatic rings. The van der Waals surface area contributed by atoms with Gasteiger partial charge in [0.2, 0.25) is 0 Å². The van der Waals surface area contributed by atoms with E-state index in [0.717, 1.165) is 0 Å². The molecule has 0 saturated heterocycles. The summed E-state index contributed by atoms with van der Waals surface area (Å²) in [5.41, 5.74) is 1.68. The van der Waals surface area contributed by atoms with Crippen LogP contribution < -0.4 is 5.32 Å². The molecule has 144 valence electrons. The van der Waals surface area contributed by atoms with Crippen molar-refractivity contribution in [1.29, 1.82) is 0 Å². The van der Waals surface area contributed by atoms with Crippen molar-refractivity contribution in [2.45, 2.75) is 19.9 Å². The third-order valence-corrected chi connectivity index (χ3v) is 4.07. The van der Waals surface area contributed by atoms with Gasteiger partial charge in [-0.05, 0) is 38.1 Å². The Kier molecular flexibility index (Phi) is 5.95. The fourth-order valence-corrected chi connectivity index (χ4v) is 2.80. The third-order valence-electron chi connectivity index (χ3n) is 3.86. The number of aromatic nitrogens is 5. The van der Waals surface area contributed by atoms with E-state index in [9.17, 15) is 4.79 Å². The highest BCUT2D eigenvalue weighted by Crippen LogP contribution is 2.18. The van der Waals surface area contributed by atoms with Crippen LogP contribution in [0.4, 0.5) is 0 Å². The molecular formula is C18H18ClN7O2. The standard InChI is InChI=1S/C18H18ClN7O2/c1-11(25-28-3)13-7-14(9-15(19)8-13)17(27)24-12(2)16-22-10-23-26(16)18-20-5-4-6-21-18/h4-10,12H,1-3H3,(H,24,27)/b25-11+/t12-/m0/s1. The van der Waals surface area contributed by atoms with Crippen LogP contribution in [0.15, 0.2) is 48.1 Å². The zero-order valence-electron chi connectivity index (χ0n) is 15.5. The molecule has 1 aromatic carbocycles. The maximum atomic E-state index is 12.8. The Hall–Kier alpha value is -3.33. The topological polar surface area (TPSA) is 107 Å². The molecule has 28 heavy (non-hydrogen) atoms. The minimum absolute atomic E-state index is 0.315. The predicted octanol–water partition coefficient (Wildman–Crippen LogP) is 2.57. The highest BCUT2D eigenvalue weighted by molar-refractivity contribution is 6.31. The van der Waals surface area contributed by atoms with Gasteiger partial charge in [0.25, 0.3) is 11.9 Å². The molecule has 0 aliphatic heterocycles. The number of benzene rings is 1. The van der Waals surface area contributed by atoms with E-state index in [0.29, 0.717) is 33.6 Å². The highest BCUT2D eigenvalue weighted by atomic mass is 35.5. The van der Waals surface area contributed by atoms with Gasteiger partial charge >= 0.3 is 0 Å². The smallest absolute Gasteiger partial charge is 0.252 e. The van der Waals surface area contributed by atoms with Crippen molar-refractivity contribution in [3.05, 3.63) is 65.0 Å². The van der Waals surface area contributed by atoms with E-state index in [4.69, 9.17) is 16.4 Å².